The van der Waals surface area contributed by atoms with Crippen LogP contribution in [-0.2, 0) is 13.1 Å². The van der Waals surface area contributed by atoms with E-state index in [1.165, 1.54) is 40.3 Å². The summed E-state index contributed by atoms with van der Waals surface area (Å²) < 4.78 is 0. The molecule has 1 heterocycles. The average molecular weight is 322 g/mol. The van der Waals surface area contributed by atoms with Gasteiger partial charge in [-0.2, -0.15) is 0 Å². The molecular weight excluding hydrogens is 302 g/mol. The third-order valence-electron chi connectivity index (χ3n) is 5.11. The van der Waals surface area contributed by atoms with Gasteiger partial charge in [0, 0.05) is 19.1 Å². The van der Waals surface area contributed by atoms with E-state index in [9.17, 15) is 0 Å². The van der Waals surface area contributed by atoms with E-state index >= 15 is 0 Å². The van der Waals surface area contributed by atoms with Crippen LogP contribution in [0.3, 0.4) is 0 Å². The number of rotatable bonds is 2. The van der Waals surface area contributed by atoms with Crippen LogP contribution in [0.1, 0.15) is 24.0 Å². The summed E-state index contributed by atoms with van der Waals surface area (Å²) in [7, 11) is 0. The van der Waals surface area contributed by atoms with Crippen molar-refractivity contribution in [1.29, 1.82) is 0 Å². The lowest BCUT2D eigenvalue weighted by atomic mass is 9.91. The average Bonchev–Trinajstić information content (AvgIpc) is 3.33. The maximum absolute atomic E-state index is 2.66. The van der Waals surface area contributed by atoms with Crippen molar-refractivity contribution in [2.45, 2.75) is 32.0 Å². The summed E-state index contributed by atoms with van der Waals surface area (Å²) in [6.45, 7) is 2.25. The van der Waals surface area contributed by atoms with Gasteiger partial charge in [-0.3, -0.25) is 4.90 Å². The number of fused-ring (bicyclic) bond motifs is 2. The van der Waals surface area contributed by atoms with Crippen molar-refractivity contribution in [3.05, 3.63) is 71.8 Å². The summed E-state index contributed by atoms with van der Waals surface area (Å²) in [5.74, 6) is 0. The first-order valence-corrected chi connectivity index (χ1v) is 8.23. The highest BCUT2D eigenvalue weighted by atomic mass is 35.5. The lowest BCUT2D eigenvalue weighted by molar-refractivity contribution is 0.273. The van der Waals surface area contributed by atoms with Crippen molar-refractivity contribution in [3.8, 4) is 11.1 Å². The van der Waals surface area contributed by atoms with Gasteiger partial charge in [-0.15, -0.1) is 12.4 Å². The molecule has 0 atom stereocenters. The summed E-state index contributed by atoms with van der Waals surface area (Å²) in [6, 6.07) is 23.0. The number of nitrogens with zero attached hydrogens (tertiary/aromatic N) is 1. The van der Waals surface area contributed by atoms with Crippen molar-refractivity contribution in [1.82, 2.24) is 4.90 Å². The molecule has 3 aromatic carbocycles. The molecule has 1 saturated carbocycles. The fourth-order valence-electron chi connectivity index (χ4n) is 3.88. The molecule has 1 aliphatic heterocycles. The van der Waals surface area contributed by atoms with Crippen LogP contribution in [0.15, 0.2) is 60.7 Å². The van der Waals surface area contributed by atoms with E-state index in [1.807, 2.05) is 0 Å². The van der Waals surface area contributed by atoms with Crippen molar-refractivity contribution in [3.63, 3.8) is 0 Å². The van der Waals surface area contributed by atoms with Crippen LogP contribution in [0.2, 0.25) is 0 Å². The molecular formula is C21H20ClN. The molecule has 0 amide bonds. The van der Waals surface area contributed by atoms with Gasteiger partial charge in [-0.1, -0.05) is 54.6 Å². The Balaban J connectivity index is 0.00000135. The van der Waals surface area contributed by atoms with E-state index in [0.29, 0.717) is 0 Å². The summed E-state index contributed by atoms with van der Waals surface area (Å²) in [5, 5.41) is 2.77. The van der Waals surface area contributed by atoms with Crippen LogP contribution >= 0.6 is 12.4 Å². The second-order valence-corrected chi connectivity index (χ2v) is 6.61. The van der Waals surface area contributed by atoms with Gasteiger partial charge < -0.3 is 0 Å². The van der Waals surface area contributed by atoms with Crippen molar-refractivity contribution < 1.29 is 0 Å². The Labute approximate surface area is 143 Å². The maximum atomic E-state index is 2.66. The molecule has 2 heteroatoms. The zero-order chi connectivity index (χ0) is 14.5. The summed E-state index contributed by atoms with van der Waals surface area (Å²) in [4.78, 5) is 2.66. The molecule has 1 nitrogen and oxygen atoms in total. The Hall–Kier alpha value is -1.83. The molecule has 0 radical (unpaired) electrons. The Morgan fingerprint density at radius 2 is 1.57 bits per heavy atom. The van der Waals surface area contributed by atoms with E-state index in [0.717, 1.165) is 19.1 Å². The van der Waals surface area contributed by atoms with Gasteiger partial charge in [0.1, 0.15) is 0 Å². The van der Waals surface area contributed by atoms with E-state index in [2.05, 4.69) is 65.6 Å². The second-order valence-electron chi connectivity index (χ2n) is 6.61. The molecule has 1 aliphatic carbocycles. The third-order valence-corrected chi connectivity index (χ3v) is 5.11. The van der Waals surface area contributed by atoms with Gasteiger partial charge in [0.2, 0.25) is 0 Å². The minimum absolute atomic E-state index is 0. The van der Waals surface area contributed by atoms with Crippen LogP contribution in [0.5, 0.6) is 0 Å². The zero-order valence-corrected chi connectivity index (χ0v) is 13.9. The van der Waals surface area contributed by atoms with Crippen LogP contribution in [0, 0.1) is 0 Å². The predicted octanol–water partition coefficient (Wildman–Crippen LogP) is 5.41. The summed E-state index contributed by atoms with van der Waals surface area (Å²) in [6.07, 6.45) is 2.77. The third kappa shape index (κ3) is 2.45. The molecule has 5 rings (SSSR count). The quantitative estimate of drug-likeness (QED) is 0.610. The summed E-state index contributed by atoms with van der Waals surface area (Å²) in [5.41, 5.74) is 5.89. The Morgan fingerprint density at radius 3 is 2.35 bits per heavy atom. The highest BCUT2D eigenvalue weighted by Crippen LogP contribution is 2.42. The second kappa shape index (κ2) is 5.67. The van der Waals surface area contributed by atoms with Crippen molar-refractivity contribution in [2.24, 2.45) is 0 Å². The monoisotopic (exact) mass is 321 g/mol. The Morgan fingerprint density at radius 1 is 0.826 bits per heavy atom. The van der Waals surface area contributed by atoms with E-state index < -0.39 is 0 Å². The number of hydrogen-bond acceptors (Lipinski definition) is 1. The summed E-state index contributed by atoms with van der Waals surface area (Å²) >= 11 is 0. The minimum Gasteiger partial charge on any atom is -0.292 e. The number of halogens is 1. The molecule has 0 N–H and O–H groups in total. The lowest BCUT2D eigenvalue weighted by Gasteiger charge is -2.14. The molecule has 116 valence electrons. The molecule has 3 aromatic rings. The van der Waals surface area contributed by atoms with Gasteiger partial charge in [0.15, 0.2) is 0 Å². The van der Waals surface area contributed by atoms with Crippen LogP contribution < -0.4 is 0 Å². The van der Waals surface area contributed by atoms with Gasteiger partial charge in [0.25, 0.3) is 0 Å². The molecule has 0 bridgehead atoms. The first kappa shape index (κ1) is 14.7. The Kier molecular flexibility index (Phi) is 3.63. The van der Waals surface area contributed by atoms with Crippen LogP contribution in [-0.4, -0.2) is 10.9 Å². The molecule has 1 fully saturated rings. The standard InChI is InChI=1S/C21H19N.ClH/c1-2-6-15(7-3-1)21-19-9-5-4-8-16(19)12-17-13-22(14-20(17)21)18-10-11-18;/h1-9,12,18H,10-11,13-14H2;1H. The zero-order valence-electron chi connectivity index (χ0n) is 13.0. The SMILES string of the molecule is Cl.c1ccc(-c2c3c(cc4ccccc24)CN(C2CC2)C3)cc1. The van der Waals surface area contributed by atoms with Crippen LogP contribution in [0.4, 0.5) is 0 Å². The van der Waals surface area contributed by atoms with E-state index in [1.54, 1.807) is 5.56 Å². The fourth-order valence-corrected chi connectivity index (χ4v) is 3.88. The molecule has 2 aliphatic rings. The Bertz CT molecular complexity index is 852. The number of hydrogen-bond donors (Lipinski definition) is 0. The van der Waals surface area contributed by atoms with Crippen LogP contribution in [0.25, 0.3) is 21.9 Å². The molecule has 0 saturated heterocycles. The maximum Gasteiger partial charge on any atom is 0.0249 e. The molecule has 0 aromatic heterocycles. The molecule has 0 unspecified atom stereocenters. The highest BCUT2D eigenvalue weighted by molar-refractivity contribution is 5.99. The van der Waals surface area contributed by atoms with Gasteiger partial charge >= 0.3 is 0 Å². The fraction of sp³-hybridized carbons (Fsp3) is 0.238. The van der Waals surface area contributed by atoms with Gasteiger partial charge in [0.05, 0.1) is 0 Å². The largest absolute Gasteiger partial charge is 0.292 e. The predicted molar refractivity (Wildman–Crippen MR) is 98.9 cm³/mol. The van der Waals surface area contributed by atoms with Gasteiger partial charge in [-0.05, 0) is 51.9 Å². The first-order chi connectivity index (χ1) is 10.9. The van der Waals surface area contributed by atoms with Gasteiger partial charge in [-0.25, -0.2) is 0 Å². The van der Waals surface area contributed by atoms with Crippen molar-refractivity contribution in [2.75, 3.05) is 0 Å². The normalized spacial score (nSPS) is 17.0. The molecule has 23 heavy (non-hydrogen) atoms. The first-order valence-electron chi connectivity index (χ1n) is 8.23. The number of benzene rings is 3. The van der Waals surface area contributed by atoms with Crippen molar-refractivity contribution >= 4 is 23.2 Å². The highest BCUT2D eigenvalue weighted by Gasteiger charge is 2.34. The smallest absolute Gasteiger partial charge is 0.0249 e. The van der Waals surface area contributed by atoms with E-state index in [4.69, 9.17) is 0 Å². The lowest BCUT2D eigenvalue weighted by Crippen LogP contribution is -2.18. The minimum atomic E-state index is 0. The van der Waals surface area contributed by atoms with E-state index in [-0.39, 0.29) is 12.4 Å². The topological polar surface area (TPSA) is 3.24 Å². The molecule has 0 spiro atoms.